The Kier molecular flexibility index (Phi) is 5.59. The first-order chi connectivity index (χ1) is 9.72. The van der Waals surface area contributed by atoms with Gasteiger partial charge in [0.05, 0.1) is 6.33 Å². The lowest BCUT2D eigenvalue weighted by molar-refractivity contribution is 0.0653. The Labute approximate surface area is 121 Å². The molecule has 1 aromatic heterocycles. The van der Waals surface area contributed by atoms with E-state index in [0.29, 0.717) is 18.3 Å². The van der Waals surface area contributed by atoms with Crippen molar-refractivity contribution in [1.29, 1.82) is 0 Å². The third-order valence-electron chi connectivity index (χ3n) is 4.05. The van der Waals surface area contributed by atoms with Crippen LogP contribution in [0.2, 0.25) is 0 Å². The molecule has 2 N–H and O–H groups in total. The summed E-state index contributed by atoms with van der Waals surface area (Å²) in [6, 6.07) is 0.360. The smallest absolute Gasteiger partial charge is 0.274 e. The first-order valence-corrected chi connectivity index (χ1v) is 7.71. The number of aryl methyl sites for hydroxylation is 1. The second-order valence-electron chi connectivity index (χ2n) is 5.71. The zero-order valence-corrected chi connectivity index (χ0v) is 12.4. The van der Waals surface area contributed by atoms with E-state index in [9.17, 15) is 4.79 Å². The predicted octanol–water partition coefficient (Wildman–Crippen LogP) is 1.93. The van der Waals surface area contributed by atoms with Gasteiger partial charge in [0.2, 0.25) is 0 Å². The van der Waals surface area contributed by atoms with Gasteiger partial charge in [-0.1, -0.05) is 25.7 Å². The number of aromatic nitrogens is 2. The van der Waals surface area contributed by atoms with Crippen LogP contribution in [0, 0.1) is 0 Å². The van der Waals surface area contributed by atoms with Crippen LogP contribution in [0.4, 0.5) is 0 Å². The van der Waals surface area contributed by atoms with Crippen molar-refractivity contribution in [2.24, 2.45) is 12.8 Å². The van der Waals surface area contributed by atoms with Gasteiger partial charge in [0.25, 0.3) is 5.91 Å². The van der Waals surface area contributed by atoms with Crippen LogP contribution in [0.5, 0.6) is 0 Å². The lowest BCUT2D eigenvalue weighted by Crippen LogP contribution is -2.41. The molecule has 0 radical (unpaired) electrons. The molecule has 20 heavy (non-hydrogen) atoms. The van der Waals surface area contributed by atoms with Gasteiger partial charge in [-0.15, -0.1) is 0 Å². The van der Waals surface area contributed by atoms with E-state index in [4.69, 9.17) is 5.73 Å². The monoisotopic (exact) mass is 278 g/mol. The van der Waals surface area contributed by atoms with Crippen LogP contribution >= 0.6 is 0 Å². The van der Waals surface area contributed by atoms with Gasteiger partial charge >= 0.3 is 0 Å². The molecule has 1 heterocycles. The van der Waals surface area contributed by atoms with Gasteiger partial charge in [0.15, 0.2) is 0 Å². The second-order valence-corrected chi connectivity index (χ2v) is 5.71. The molecule has 0 unspecified atom stereocenters. The van der Waals surface area contributed by atoms with Crippen molar-refractivity contribution in [3.63, 3.8) is 0 Å². The van der Waals surface area contributed by atoms with E-state index in [-0.39, 0.29) is 5.91 Å². The molecule has 1 fully saturated rings. The van der Waals surface area contributed by atoms with E-state index in [1.165, 1.54) is 25.7 Å². The molecule has 1 amide bonds. The first-order valence-electron chi connectivity index (χ1n) is 7.71. The van der Waals surface area contributed by atoms with Crippen LogP contribution in [0.3, 0.4) is 0 Å². The fourth-order valence-electron chi connectivity index (χ4n) is 2.95. The van der Waals surface area contributed by atoms with Gasteiger partial charge < -0.3 is 15.2 Å². The molecule has 1 aliphatic rings. The molecule has 1 aliphatic carbocycles. The van der Waals surface area contributed by atoms with Crippen molar-refractivity contribution >= 4 is 5.91 Å². The number of carbonyl (C=O) groups excluding carboxylic acids is 1. The second kappa shape index (κ2) is 7.43. The van der Waals surface area contributed by atoms with Crippen LogP contribution < -0.4 is 5.73 Å². The average Bonchev–Trinajstić information content (AvgIpc) is 2.72. The van der Waals surface area contributed by atoms with Gasteiger partial charge in [-0.3, -0.25) is 4.79 Å². The molecule has 0 bridgehead atoms. The summed E-state index contributed by atoms with van der Waals surface area (Å²) in [4.78, 5) is 18.9. The van der Waals surface area contributed by atoms with Gasteiger partial charge in [0.1, 0.15) is 5.69 Å². The highest BCUT2D eigenvalue weighted by Crippen LogP contribution is 2.23. The van der Waals surface area contributed by atoms with Gasteiger partial charge in [-0.25, -0.2) is 4.98 Å². The maximum atomic E-state index is 12.7. The van der Waals surface area contributed by atoms with Crippen molar-refractivity contribution < 1.29 is 4.79 Å². The summed E-state index contributed by atoms with van der Waals surface area (Å²) in [5, 5.41) is 0. The average molecular weight is 278 g/mol. The van der Waals surface area contributed by atoms with E-state index >= 15 is 0 Å². The number of nitrogens with two attached hydrogens (primary N) is 1. The summed E-state index contributed by atoms with van der Waals surface area (Å²) in [7, 11) is 1.89. The summed E-state index contributed by atoms with van der Waals surface area (Å²) in [5.41, 5.74) is 6.17. The normalized spacial score (nSPS) is 16.9. The molecule has 0 aromatic carbocycles. The summed E-state index contributed by atoms with van der Waals surface area (Å²) in [6.07, 6.45) is 11.6. The summed E-state index contributed by atoms with van der Waals surface area (Å²) in [6.45, 7) is 1.37. The third kappa shape index (κ3) is 3.82. The SMILES string of the molecule is Cn1cnc(C(=O)N(CCCN)C2CCCCCC2)c1. The van der Waals surface area contributed by atoms with Gasteiger partial charge in [0, 0.05) is 25.8 Å². The molecular weight excluding hydrogens is 252 g/mol. The molecule has 2 rings (SSSR count). The highest BCUT2D eigenvalue weighted by molar-refractivity contribution is 5.92. The Hall–Kier alpha value is -1.36. The number of hydrogen-bond donors (Lipinski definition) is 1. The van der Waals surface area contributed by atoms with Gasteiger partial charge in [-0.2, -0.15) is 0 Å². The number of hydrogen-bond acceptors (Lipinski definition) is 3. The molecule has 5 nitrogen and oxygen atoms in total. The number of rotatable bonds is 5. The summed E-state index contributed by atoms with van der Waals surface area (Å²) in [5.74, 6) is 0.0611. The minimum absolute atomic E-state index is 0.0611. The van der Waals surface area contributed by atoms with E-state index in [1.807, 2.05) is 16.5 Å². The molecule has 0 aliphatic heterocycles. The Morgan fingerprint density at radius 3 is 2.65 bits per heavy atom. The largest absolute Gasteiger partial charge is 0.340 e. The molecule has 1 aromatic rings. The van der Waals surface area contributed by atoms with E-state index in [2.05, 4.69) is 4.98 Å². The van der Waals surface area contributed by atoms with Crippen LogP contribution in [0.1, 0.15) is 55.4 Å². The number of nitrogens with zero attached hydrogens (tertiary/aromatic N) is 3. The fourth-order valence-corrected chi connectivity index (χ4v) is 2.95. The highest BCUT2D eigenvalue weighted by Gasteiger charge is 2.26. The molecular formula is C15H26N4O. The molecule has 0 spiro atoms. The maximum absolute atomic E-state index is 12.7. The van der Waals surface area contributed by atoms with Crippen molar-refractivity contribution in [3.8, 4) is 0 Å². The topological polar surface area (TPSA) is 64.2 Å². The Morgan fingerprint density at radius 2 is 2.10 bits per heavy atom. The number of imidazole rings is 1. The lowest BCUT2D eigenvalue weighted by Gasteiger charge is -2.30. The Balaban J connectivity index is 2.10. The fraction of sp³-hybridized carbons (Fsp3) is 0.733. The van der Waals surface area contributed by atoms with Crippen molar-refractivity contribution in [2.75, 3.05) is 13.1 Å². The number of amides is 1. The van der Waals surface area contributed by atoms with Crippen LogP contribution in [0.15, 0.2) is 12.5 Å². The standard InChI is InChI=1S/C15H26N4O/c1-18-11-14(17-12-18)15(20)19(10-6-9-16)13-7-4-2-3-5-8-13/h11-13H,2-10,16H2,1H3. The predicted molar refractivity (Wildman–Crippen MR) is 79.4 cm³/mol. The quantitative estimate of drug-likeness (QED) is 0.837. The van der Waals surface area contributed by atoms with Crippen LogP contribution in [-0.2, 0) is 7.05 Å². The first kappa shape index (κ1) is 15.0. The lowest BCUT2D eigenvalue weighted by atomic mass is 10.1. The minimum atomic E-state index is 0.0611. The Morgan fingerprint density at radius 1 is 1.40 bits per heavy atom. The van der Waals surface area contributed by atoms with Crippen LogP contribution in [0.25, 0.3) is 0 Å². The summed E-state index contributed by atoms with van der Waals surface area (Å²) < 4.78 is 1.82. The molecule has 0 atom stereocenters. The molecule has 112 valence electrons. The molecule has 1 saturated carbocycles. The Bertz CT molecular complexity index is 421. The zero-order valence-electron chi connectivity index (χ0n) is 12.4. The van der Waals surface area contributed by atoms with Gasteiger partial charge in [-0.05, 0) is 25.8 Å². The van der Waals surface area contributed by atoms with Crippen molar-refractivity contribution in [2.45, 2.75) is 51.0 Å². The minimum Gasteiger partial charge on any atom is -0.340 e. The number of carbonyl (C=O) groups is 1. The molecule has 5 heteroatoms. The summed E-state index contributed by atoms with van der Waals surface area (Å²) >= 11 is 0. The van der Waals surface area contributed by atoms with Crippen molar-refractivity contribution in [3.05, 3.63) is 18.2 Å². The van der Waals surface area contributed by atoms with E-state index < -0.39 is 0 Å². The van der Waals surface area contributed by atoms with E-state index in [0.717, 1.165) is 25.8 Å². The van der Waals surface area contributed by atoms with E-state index in [1.54, 1.807) is 12.5 Å². The molecule has 0 saturated heterocycles. The van der Waals surface area contributed by atoms with Crippen molar-refractivity contribution in [1.82, 2.24) is 14.5 Å². The maximum Gasteiger partial charge on any atom is 0.274 e. The van der Waals surface area contributed by atoms with Crippen LogP contribution in [-0.4, -0.2) is 39.5 Å². The third-order valence-corrected chi connectivity index (χ3v) is 4.05. The zero-order chi connectivity index (χ0) is 14.4. The highest BCUT2D eigenvalue weighted by atomic mass is 16.2.